The fraction of sp³-hybridized carbons (Fsp3) is 0.824. The number of carbonyl (C=O) groups excluding carboxylic acids is 2. The average Bonchev–Trinajstić information content (AvgIpc) is 2.55. The summed E-state index contributed by atoms with van der Waals surface area (Å²) in [6.45, 7) is 3.58. The number of carboxylic acid groups (broad SMARTS) is 1. The van der Waals surface area contributed by atoms with E-state index in [4.69, 9.17) is 15.6 Å². The van der Waals surface area contributed by atoms with Gasteiger partial charge in [-0.1, -0.05) is 13.8 Å². The summed E-state index contributed by atoms with van der Waals surface area (Å²) in [7, 11) is 0. The number of ether oxygens (including phenoxy) is 1. The standard InChI is InChI=1S/C17H31NO8/c1-10(2)3-5-13(20)15(16(23)24)11(7-8-19)9-26-17(25)12(18)4-6-14(21)22/h8,10-13,15-16,20,23-24H,3-7,9,18H2,1-2H3,(H,21,22)/t11?,12-,13?,15?/m1/s1. The van der Waals surface area contributed by atoms with Crippen molar-refractivity contribution < 1.29 is 39.5 Å². The monoisotopic (exact) mass is 377 g/mol. The van der Waals surface area contributed by atoms with Crippen molar-refractivity contribution in [3.63, 3.8) is 0 Å². The number of nitrogens with two attached hydrogens (primary N) is 1. The van der Waals surface area contributed by atoms with Gasteiger partial charge in [-0.25, -0.2) is 0 Å². The van der Waals surface area contributed by atoms with Crippen molar-refractivity contribution in [1.82, 2.24) is 0 Å². The molecule has 0 saturated carbocycles. The van der Waals surface area contributed by atoms with Crippen molar-refractivity contribution in [2.75, 3.05) is 6.61 Å². The first kappa shape index (κ1) is 24.5. The molecule has 0 fully saturated rings. The quantitative estimate of drug-likeness (QED) is 0.154. The highest BCUT2D eigenvalue weighted by Gasteiger charge is 2.34. The first-order valence-corrected chi connectivity index (χ1v) is 8.71. The summed E-state index contributed by atoms with van der Waals surface area (Å²) in [5.41, 5.74) is 5.55. The molecule has 9 nitrogen and oxygen atoms in total. The number of esters is 1. The topological polar surface area (TPSA) is 167 Å². The van der Waals surface area contributed by atoms with Crippen LogP contribution in [0.4, 0.5) is 0 Å². The molecule has 3 unspecified atom stereocenters. The van der Waals surface area contributed by atoms with E-state index in [1.807, 2.05) is 13.8 Å². The third-order valence-corrected chi connectivity index (χ3v) is 4.18. The van der Waals surface area contributed by atoms with Crippen molar-refractivity contribution in [2.45, 2.75) is 64.4 Å². The third kappa shape index (κ3) is 9.81. The molecule has 0 bridgehead atoms. The van der Waals surface area contributed by atoms with Gasteiger partial charge in [0, 0.05) is 24.7 Å². The van der Waals surface area contributed by atoms with Gasteiger partial charge in [0.1, 0.15) is 12.3 Å². The van der Waals surface area contributed by atoms with E-state index in [2.05, 4.69) is 0 Å². The Hall–Kier alpha value is -1.55. The minimum absolute atomic E-state index is 0.102. The molecule has 0 aliphatic rings. The number of rotatable bonds is 14. The Kier molecular flexibility index (Phi) is 12.0. The summed E-state index contributed by atoms with van der Waals surface area (Å²) in [4.78, 5) is 33.2. The Morgan fingerprint density at radius 3 is 2.19 bits per heavy atom. The largest absolute Gasteiger partial charge is 0.481 e. The van der Waals surface area contributed by atoms with E-state index < -0.39 is 42.2 Å². The normalized spacial score (nSPS) is 16.2. The summed E-state index contributed by atoms with van der Waals surface area (Å²) >= 11 is 0. The molecule has 6 N–H and O–H groups in total. The van der Waals surface area contributed by atoms with Gasteiger partial charge in [0.15, 0.2) is 6.29 Å². The second-order valence-corrected chi connectivity index (χ2v) is 6.86. The molecule has 0 aliphatic heterocycles. The van der Waals surface area contributed by atoms with Gasteiger partial charge >= 0.3 is 11.9 Å². The van der Waals surface area contributed by atoms with Crippen molar-refractivity contribution in [3.05, 3.63) is 0 Å². The van der Waals surface area contributed by atoms with E-state index in [1.54, 1.807) is 0 Å². The molecule has 9 heteroatoms. The van der Waals surface area contributed by atoms with Gasteiger partial charge in [-0.05, 0) is 25.2 Å². The van der Waals surface area contributed by atoms with E-state index in [0.717, 1.165) is 0 Å². The number of aliphatic hydroxyl groups is 3. The van der Waals surface area contributed by atoms with Crippen LogP contribution >= 0.6 is 0 Å². The van der Waals surface area contributed by atoms with E-state index in [-0.39, 0.29) is 25.9 Å². The fourth-order valence-electron chi connectivity index (χ4n) is 2.61. The predicted octanol–water partition coefficient (Wildman–Crippen LogP) is -0.349. The fourth-order valence-corrected chi connectivity index (χ4v) is 2.61. The number of aliphatic carboxylic acids is 1. The van der Waals surface area contributed by atoms with Crippen LogP contribution in [0.25, 0.3) is 0 Å². The number of carboxylic acids is 1. The Balaban J connectivity index is 4.85. The number of carbonyl (C=O) groups is 3. The zero-order valence-corrected chi connectivity index (χ0v) is 15.3. The smallest absolute Gasteiger partial charge is 0.322 e. The first-order chi connectivity index (χ1) is 12.1. The van der Waals surface area contributed by atoms with Crippen LogP contribution in [0, 0.1) is 17.8 Å². The molecule has 0 spiro atoms. The number of aliphatic hydroxyl groups excluding tert-OH is 2. The number of hydrogen-bond acceptors (Lipinski definition) is 8. The van der Waals surface area contributed by atoms with Gasteiger partial charge in [0.05, 0.1) is 12.7 Å². The number of aldehydes is 1. The molecule has 0 rings (SSSR count). The van der Waals surface area contributed by atoms with Gasteiger partial charge in [-0.15, -0.1) is 0 Å². The summed E-state index contributed by atoms with van der Waals surface area (Å²) in [5.74, 6) is -3.50. The molecule has 0 aliphatic carbocycles. The summed E-state index contributed by atoms with van der Waals surface area (Å²) in [6.07, 6.45) is -2.00. The van der Waals surface area contributed by atoms with Gasteiger partial charge < -0.3 is 35.7 Å². The molecule has 26 heavy (non-hydrogen) atoms. The molecular formula is C17H31NO8. The zero-order valence-electron chi connectivity index (χ0n) is 15.3. The van der Waals surface area contributed by atoms with Gasteiger partial charge in [-0.3, -0.25) is 9.59 Å². The van der Waals surface area contributed by atoms with Crippen LogP contribution in [0.1, 0.15) is 46.0 Å². The van der Waals surface area contributed by atoms with Crippen LogP contribution < -0.4 is 5.73 Å². The van der Waals surface area contributed by atoms with E-state index >= 15 is 0 Å². The molecule has 4 atom stereocenters. The molecule has 152 valence electrons. The minimum atomic E-state index is -1.89. The molecule has 0 heterocycles. The van der Waals surface area contributed by atoms with Crippen LogP contribution in [-0.4, -0.2) is 63.7 Å². The molecule has 0 aromatic carbocycles. The van der Waals surface area contributed by atoms with E-state index in [0.29, 0.717) is 25.0 Å². The molecule has 0 aromatic heterocycles. The second-order valence-electron chi connectivity index (χ2n) is 6.86. The van der Waals surface area contributed by atoms with Gasteiger partial charge in [-0.2, -0.15) is 0 Å². The SMILES string of the molecule is CC(C)CCC(O)C(C(O)O)C(CC=O)COC(=O)[C@H](N)CCC(=O)O. The minimum Gasteiger partial charge on any atom is -0.481 e. The maximum atomic E-state index is 11.8. The lowest BCUT2D eigenvalue weighted by molar-refractivity contribution is -0.162. The van der Waals surface area contributed by atoms with Crippen molar-refractivity contribution >= 4 is 18.2 Å². The molecular weight excluding hydrogens is 346 g/mol. The average molecular weight is 377 g/mol. The summed E-state index contributed by atoms with van der Waals surface area (Å²) < 4.78 is 5.01. The lowest BCUT2D eigenvalue weighted by Crippen LogP contribution is -2.41. The molecule has 0 aromatic rings. The Morgan fingerprint density at radius 1 is 1.12 bits per heavy atom. The van der Waals surface area contributed by atoms with Gasteiger partial charge in [0.25, 0.3) is 0 Å². The third-order valence-electron chi connectivity index (χ3n) is 4.18. The molecule has 0 saturated heterocycles. The molecule has 0 amide bonds. The Morgan fingerprint density at radius 2 is 1.73 bits per heavy atom. The van der Waals surface area contributed by atoms with Crippen LogP contribution in [0.3, 0.4) is 0 Å². The Bertz CT molecular complexity index is 440. The highest BCUT2D eigenvalue weighted by molar-refractivity contribution is 5.76. The van der Waals surface area contributed by atoms with Gasteiger partial charge in [0.2, 0.25) is 0 Å². The number of hydrogen-bond donors (Lipinski definition) is 5. The maximum Gasteiger partial charge on any atom is 0.322 e. The van der Waals surface area contributed by atoms with E-state index in [1.165, 1.54) is 0 Å². The predicted molar refractivity (Wildman–Crippen MR) is 91.8 cm³/mol. The second kappa shape index (κ2) is 12.7. The maximum absolute atomic E-state index is 11.8. The zero-order chi connectivity index (χ0) is 20.3. The van der Waals surface area contributed by atoms with E-state index in [9.17, 15) is 29.7 Å². The van der Waals surface area contributed by atoms with Crippen LogP contribution in [0.2, 0.25) is 0 Å². The highest BCUT2D eigenvalue weighted by atomic mass is 16.5. The molecule has 0 radical (unpaired) electrons. The lowest BCUT2D eigenvalue weighted by atomic mass is 9.83. The highest BCUT2D eigenvalue weighted by Crippen LogP contribution is 2.26. The summed E-state index contributed by atoms with van der Waals surface area (Å²) in [6, 6.07) is -1.13. The summed E-state index contributed by atoms with van der Waals surface area (Å²) in [5, 5.41) is 38.1. The van der Waals surface area contributed by atoms with Crippen LogP contribution in [0.5, 0.6) is 0 Å². The van der Waals surface area contributed by atoms with Crippen molar-refractivity contribution in [1.29, 1.82) is 0 Å². The lowest BCUT2D eigenvalue weighted by Gasteiger charge is -2.31. The van der Waals surface area contributed by atoms with Crippen molar-refractivity contribution in [2.24, 2.45) is 23.5 Å². The van der Waals surface area contributed by atoms with Crippen molar-refractivity contribution in [3.8, 4) is 0 Å². The van der Waals surface area contributed by atoms with Crippen LogP contribution in [-0.2, 0) is 19.1 Å². The Labute approximate surface area is 153 Å². The van der Waals surface area contributed by atoms with Crippen LogP contribution in [0.15, 0.2) is 0 Å². The first-order valence-electron chi connectivity index (χ1n) is 8.71.